The lowest BCUT2D eigenvalue weighted by Gasteiger charge is -2.32. The van der Waals surface area contributed by atoms with E-state index in [1.807, 2.05) is 56.3 Å². The zero-order valence-electron chi connectivity index (χ0n) is 21.5. The first kappa shape index (κ1) is 27.1. The molecule has 0 aliphatic carbocycles. The SMILES string of the molecule is CCc1ccc(CCC(=O)N(Cc2ccccc2F)[C@@H](Cc2ccccc2)C(=O)N[C@@H](C)CC)cc1. The molecule has 0 aromatic heterocycles. The van der Waals surface area contributed by atoms with Gasteiger partial charge in [-0.1, -0.05) is 86.6 Å². The van der Waals surface area contributed by atoms with Gasteiger partial charge < -0.3 is 10.2 Å². The van der Waals surface area contributed by atoms with E-state index in [9.17, 15) is 14.0 Å². The van der Waals surface area contributed by atoms with Crippen LogP contribution in [0.25, 0.3) is 0 Å². The highest BCUT2D eigenvalue weighted by molar-refractivity contribution is 5.88. The third kappa shape index (κ3) is 7.77. The number of carbonyl (C=O) groups excluding carboxylic acids is 2. The predicted molar refractivity (Wildman–Crippen MR) is 143 cm³/mol. The zero-order chi connectivity index (χ0) is 25.9. The van der Waals surface area contributed by atoms with Crippen molar-refractivity contribution in [2.75, 3.05) is 0 Å². The zero-order valence-corrected chi connectivity index (χ0v) is 21.5. The van der Waals surface area contributed by atoms with Crippen LogP contribution in [0.3, 0.4) is 0 Å². The molecule has 3 rings (SSSR count). The van der Waals surface area contributed by atoms with Crippen LogP contribution in [0.5, 0.6) is 0 Å². The third-order valence-electron chi connectivity index (χ3n) is 6.63. The van der Waals surface area contributed by atoms with Gasteiger partial charge in [0.25, 0.3) is 0 Å². The number of rotatable bonds is 12. The number of hydrogen-bond acceptors (Lipinski definition) is 2. The summed E-state index contributed by atoms with van der Waals surface area (Å²) in [6, 6.07) is 23.6. The van der Waals surface area contributed by atoms with Gasteiger partial charge in [-0.2, -0.15) is 0 Å². The van der Waals surface area contributed by atoms with Gasteiger partial charge in [0.05, 0.1) is 0 Å². The highest BCUT2D eigenvalue weighted by Crippen LogP contribution is 2.19. The van der Waals surface area contributed by atoms with E-state index in [1.54, 1.807) is 23.1 Å². The van der Waals surface area contributed by atoms with Crippen LogP contribution in [0.2, 0.25) is 0 Å². The Morgan fingerprint density at radius 2 is 1.50 bits per heavy atom. The van der Waals surface area contributed by atoms with E-state index in [0.717, 1.165) is 24.0 Å². The summed E-state index contributed by atoms with van der Waals surface area (Å²) in [5, 5.41) is 3.05. The van der Waals surface area contributed by atoms with Gasteiger partial charge in [-0.15, -0.1) is 0 Å². The van der Waals surface area contributed by atoms with Gasteiger partial charge >= 0.3 is 0 Å². The van der Waals surface area contributed by atoms with E-state index in [-0.39, 0.29) is 36.6 Å². The molecule has 2 amide bonds. The van der Waals surface area contributed by atoms with Gasteiger partial charge in [0.2, 0.25) is 11.8 Å². The molecule has 0 saturated carbocycles. The Labute approximate surface area is 214 Å². The summed E-state index contributed by atoms with van der Waals surface area (Å²) in [5.41, 5.74) is 3.65. The maximum atomic E-state index is 14.7. The Bertz CT molecular complexity index is 1110. The number of nitrogens with zero attached hydrogens (tertiary/aromatic N) is 1. The van der Waals surface area contributed by atoms with Crippen molar-refractivity contribution in [3.8, 4) is 0 Å². The Hall–Kier alpha value is -3.47. The normalized spacial score (nSPS) is 12.6. The summed E-state index contributed by atoms with van der Waals surface area (Å²) in [7, 11) is 0. The Kier molecular flexibility index (Phi) is 10.2. The number of halogens is 1. The fraction of sp³-hybridized carbons (Fsp3) is 0.355. The van der Waals surface area contributed by atoms with E-state index in [0.29, 0.717) is 18.4 Å². The number of aryl methyl sites for hydroxylation is 2. The Morgan fingerprint density at radius 3 is 2.14 bits per heavy atom. The van der Waals surface area contributed by atoms with Crippen molar-refractivity contribution >= 4 is 11.8 Å². The van der Waals surface area contributed by atoms with Crippen LogP contribution in [-0.2, 0) is 35.4 Å². The summed E-state index contributed by atoms with van der Waals surface area (Å²) in [6.45, 7) is 6.09. The molecule has 0 aliphatic rings. The van der Waals surface area contributed by atoms with Crippen molar-refractivity contribution < 1.29 is 14.0 Å². The molecular formula is C31H37FN2O2. The third-order valence-corrected chi connectivity index (χ3v) is 6.63. The summed E-state index contributed by atoms with van der Waals surface area (Å²) < 4.78 is 14.7. The maximum absolute atomic E-state index is 14.7. The highest BCUT2D eigenvalue weighted by atomic mass is 19.1. The summed E-state index contributed by atoms with van der Waals surface area (Å²) >= 11 is 0. The van der Waals surface area contributed by atoms with Crippen LogP contribution in [0.15, 0.2) is 78.9 Å². The molecule has 0 heterocycles. The fourth-order valence-corrected chi connectivity index (χ4v) is 4.14. The van der Waals surface area contributed by atoms with Crippen LogP contribution in [0.1, 0.15) is 55.9 Å². The Balaban J connectivity index is 1.90. The second kappa shape index (κ2) is 13.6. The van der Waals surface area contributed by atoms with Gasteiger partial charge in [0.1, 0.15) is 11.9 Å². The second-order valence-electron chi connectivity index (χ2n) is 9.31. The lowest BCUT2D eigenvalue weighted by atomic mass is 10.0. The van der Waals surface area contributed by atoms with E-state index >= 15 is 0 Å². The lowest BCUT2D eigenvalue weighted by molar-refractivity contribution is -0.141. The monoisotopic (exact) mass is 488 g/mol. The molecule has 0 radical (unpaired) electrons. The predicted octanol–water partition coefficient (Wildman–Crippen LogP) is 5.88. The molecule has 0 bridgehead atoms. The molecule has 0 spiro atoms. The minimum Gasteiger partial charge on any atom is -0.352 e. The second-order valence-corrected chi connectivity index (χ2v) is 9.31. The number of benzene rings is 3. The van der Waals surface area contributed by atoms with E-state index in [2.05, 4.69) is 24.4 Å². The molecule has 0 saturated heterocycles. The molecule has 190 valence electrons. The molecule has 0 unspecified atom stereocenters. The van der Waals surface area contributed by atoms with Gasteiger partial charge in [-0.05, 0) is 48.9 Å². The van der Waals surface area contributed by atoms with E-state index < -0.39 is 6.04 Å². The van der Waals surface area contributed by atoms with Crippen molar-refractivity contribution in [1.82, 2.24) is 10.2 Å². The summed E-state index contributed by atoms with van der Waals surface area (Å²) in [5.74, 6) is -0.769. The van der Waals surface area contributed by atoms with Crippen LogP contribution in [0.4, 0.5) is 4.39 Å². The van der Waals surface area contributed by atoms with Gasteiger partial charge in [0, 0.05) is 31.0 Å². The largest absolute Gasteiger partial charge is 0.352 e. The van der Waals surface area contributed by atoms with Gasteiger partial charge in [-0.3, -0.25) is 9.59 Å². The van der Waals surface area contributed by atoms with Crippen molar-refractivity contribution in [1.29, 1.82) is 0 Å². The number of amides is 2. The van der Waals surface area contributed by atoms with Crippen molar-refractivity contribution in [2.45, 2.75) is 71.5 Å². The van der Waals surface area contributed by atoms with Crippen LogP contribution >= 0.6 is 0 Å². The smallest absolute Gasteiger partial charge is 0.243 e. The molecule has 0 aliphatic heterocycles. The fourth-order valence-electron chi connectivity index (χ4n) is 4.14. The summed E-state index contributed by atoms with van der Waals surface area (Å²) in [6.07, 6.45) is 2.89. The van der Waals surface area contributed by atoms with Crippen molar-refractivity contribution in [2.24, 2.45) is 0 Å². The average molecular weight is 489 g/mol. The van der Waals surface area contributed by atoms with Gasteiger partial charge in [-0.25, -0.2) is 4.39 Å². The quantitative estimate of drug-likeness (QED) is 0.346. The number of hydrogen-bond donors (Lipinski definition) is 1. The highest BCUT2D eigenvalue weighted by Gasteiger charge is 2.31. The average Bonchev–Trinajstić information content (AvgIpc) is 2.91. The maximum Gasteiger partial charge on any atom is 0.243 e. The van der Waals surface area contributed by atoms with Crippen LogP contribution in [-0.4, -0.2) is 28.8 Å². The molecule has 36 heavy (non-hydrogen) atoms. The topological polar surface area (TPSA) is 49.4 Å². The van der Waals surface area contributed by atoms with E-state index in [1.165, 1.54) is 11.6 Å². The summed E-state index contributed by atoms with van der Waals surface area (Å²) in [4.78, 5) is 28.7. The minimum atomic E-state index is -0.754. The molecule has 3 aromatic carbocycles. The molecular weight excluding hydrogens is 451 g/mol. The van der Waals surface area contributed by atoms with Crippen LogP contribution < -0.4 is 5.32 Å². The first-order valence-corrected chi connectivity index (χ1v) is 12.9. The standard InChI is InChI=1S/C31H37FN2O2/c1-4-23(3)33-31(36)29(21-26-11-7-6-8-12-26)34(22-27-13-9-10-14-28(27)32)30(35)20-19-25-17-15-24(5-2)16-18-25/h6-18,23,29H,4-5,19-22H2,1-3H3,(H,33,36)/t23-,29-/m0/s1. The first-order chi connectivity index (χ1) is 17.4. The van der Waals surface area contributed by atoms with Crippen molar-refractivity contribution in [3.63, 3.8) is 0 Å². The van der Waals surface area contributed by atoms with Crippen LogP contribution in [0, 0.1) is 5.82 Å². The minimum absolute atomic E-state index is 0.0294. The molecule has 0 fully saturated rings. The van der Waals surface area contributed by atoms with Gasteiger partial charge in [0.15, 0.2) is 0 Å². The molecule has 2 atom stereocenters. The van der Waals surface area contributed by atoms with Crippen molar-refractivity contribution in [3.05, 3.63) is 107 Å². The number of carbonyl (C=O) groups is 2. The lowest BCUT2D eigenvalue weighted by Crippen LogP contribution is -2.52. The molecule has 5 heteroatoms. The molecule has 3 aromatic rings. The Morgan fingerprint density at radius 1 is 0.861 bits per heavy atom. The van der Waals surface area contributed by atoms with E-state index in [4.69, 9.17) is 0 Å². The molecule has 1 N–H and O–H groups in total. The first-order valence-electron chi connectivity index (χ1n) is 12.9. The molecule has 4 nitrogen and oxygen atoms in total. The number of nitrogens with one attached hydrogen (secondary N) is 1.